The molecule has 1 aromatic heterocycles. The monoisotopic (exact) mass is 282 g/mol. The van der Waals surface area contributed by atoms with Gasteiger partial charge in [0.1, 0.15) is 5.76 Å². The summed E-state index contributed by atoms with van der Waals surface area (Å²) < 4.78 is 9.95. The summed E-state index contributed by atoms with van der Waals surface area (Å²) in [4.78, 5) is 24.0. The summed E-state index contributed by atoms with van der Waals surface area (Å²) in [6, 6.07) is 8.66. The molecule has 0 unspecified atom stereocenters. The molecule has 4 heteroatoms. The van der Waals surface area contributed by atoms with Crippen LogP contribution in [0.5, 0.6) is 0 Å². The van der Waals surface area contributed by atoms with Crippen molar-refractivity contribution in [2.24, 2.45) is 0 Å². The number of rotatable bonds is 2. The van der Waals surface area contributed by atoms with E-state index >= 15 is 0 Å². The van der Waals surface area contributed by atoms with Gasteiger partial charge in [0.25, 0.3) is 0 Å². The van der Waals surface area contributed by atoms with E-state index in [0.29, 0.717) is 23.3 Å². The third kappa shape index (κ3) is 2.52. The van der Waals surface area contributed by atoms with E-state index in [0.717, 1.165) is 17.6 Å². The molecule has 0 radical (unpaired) electrons. The second-order valence-corrected chi connectivity index (χ2v) is 4.88. The van der Waals surface area contributed by atoms with Crippen LogP contribution < -0.4 is 0 Å². The van der Waals surface area contributed by atoms with Crippen molar-refractivity contribution in [3.63, 3.8) is 0 Å². The number of hydrogen-bond acceptors (Lipinski definition) is 4. The Morgan fingerprint density at radius 1 is 1.29 bits per heavy atom. The molecular weight excluding hydrogens is 268 g/mol. The van der Waals surface area contributed by atoms with Gasteiger partial charge < -0.3 is 9.15 Å². The van der Waals surface area contributed by atoms with Crippen molar-refractivity contribution in [3.8, 4) is 0 Å². The highest BCUT2D eigenvalue weighted by Crippen LogP contribution is 2.27. The number of carbonyl (C=O) groups excluding carboxylic acids is 2. The smallest absolute Gasteiger partial charge is 0.337 e. The lowest BCUT2D eigenvalue weighted by atomic mass is 9.85. The summed E-state index contributed by atoms with van der Waals surface area (Å²) in [5.41, 5.74) is 2.73. The van der Waals surface area contributed by atoms with Crippen molar-refractivity contribution in [1.29, 1.82) is 0 Å². The molecule has 1 aliphatic rings. The van der Waals surface area contributed by atoms with Crippen LogP contribution in [0.1, 0.15) is 38.5 Å². The van der Waals surface area contributed by atoms with Gasteiger partial charge in [-0.2, -0.15) is 0 Å². The molecule has 0 saturated carbocycles. The summed E-state index contributed by atoms with van der Waals surface area (Å²) in [7, 11) is 1.34. The maximum atomic E-state index is 12.5. The van der Waals surface area contributed by atoms with Gasteiger partial charge in [-0.25, -0.2) is 4.79 Å². The van der Waals surface area contributed by atoms with E-state index in [9.17, 15) is 9.59 Å². The molecule has 0 fully saturated rings. The van der Waals surface area contributed by atoms with Crippen molar-refractivity contribution < 1.29 is 18.7 Å². The average Bonchev–Trinajstić information content (AvgIpc) is 3.02. The van der Waals surface area contributed by atoms with Gasteiger partial charge in [0.05, 0.1) is 18.9 Å². The normalized spacial score (nSPS) is 15.9. The van der Waals surface area contributed by atoms with Gasteiger partial charge in [0.2, 0.25) is 0 Å². The van der Waals surface area contributed by atoms with Gasteiger partial charge >= 0.3 is 5.97 Å². The molecule has 1 aliphatic carbocycles. The van der Waals surface area contributed by atoms with Crippen molar-refractivity contribution in [1.82, 2.24) is 0 Å². The molecule has 3 rings (SSSR count). The fourth-order valence-corrected chi connectivity index (χ4v) is 2.51. The molecule has 0 bridgehead atoms. The van der Waals surface area contributed by atoms with E-state index in [1.807, 2.05) is 6.07 Å². The Morgan fingerprint density at radius 3 is 2.86 bits per heavy atom. The van der Waals surface area contributed by atoms with Crippen molar-refractivity contribution >= 4 is 17.8 Å². The average molecular weight is 282 g/mol. The lowest BCUT2D eigenvalue weighted by Crippen LogP contribution is -2.15. The SMILES string of the molecule is COC(=O)c1ccc2c(c1)CCC(=Cc1ccco1)C2=O. The molecule has 4 nitrogen and oxygen atoms in total. The van der Waals surface area contributed by atoms with E-state index in [4.69, 9.17) is 9.15 Å². The van der Waals surface area contributed by atoms with Crippen LogP contribution >= 0.6 is 0 Å². The second kappa shape index (κ2) is 5.40. The topological polar surface area (TPSA) is 56.5 Å². The minimum Gasteiger partial charge on any atom is -0.465 e. The first-order chi connectivity index (χ1) is 10.2. The lowest BCUT2D eigenvalue weighted by Gasteiger charge is -2.17. The fraction of sp³-hybridized carbons (Fsp3) is 0.176. The Kier molecular flexibility index (Phi) is 3.44. The van der Waals surface area contributed by atoms with Gasteiger partial charge in [0, 0.05) is 11.1 Å². The molecular formula is C17H14O4. The first-order valence-corrected chi connectivity index (χ1v) is 6.69. The van der Waals surface area contributed by atoms with E-state index in [2.05, 4.69) is 0 Å². The highest BCUT2D eigenvalue weighted by Gasteiger charge is 2.23. The number of aryl methyl sites for hydroxylation is 1. The van der Waals surface area contributed by atoms with Crippen LogP contribution in [0.2, 0.25) is 0 Å². The molecule has 1 aromatic carbocycles. The van der Waals surface area contributed by atoms with Crippen LogP contribution in [0.3, 0.4) is 0 Å². The zero-order valence-corrected chi connectivity index (χ0v) is 11.6. The highest BCUT2D eigenvalue weighted by atomic mass is 16.5. The van der Waals surface area contributed by atoms with Crippen LogP contribution in [0.25, 0.3) is 6.08 Å². The molecule has 1 heterocycles. The zero-order chi connectivity index (χ0) is 14.8. The Bertz CT molecular complexity index is 723. The van der Waals surface area contributed by atoms with Gasteiger partial charge in [-0.15, -0.1) is 0 Å². The van der Waals surface area contributed by atoms with Crippen LogP contribution in [0, 0.1) is 0 Å². The Hall–Kier alpha value is -2.62. The van der Waals surface area contributed by atoms with Crippen LogP contribution in [-0.4, -0.2) is 18.9 Å². The van der Waals surface area contributed by atoms with E-state index in [-0.39, 0.29) is 11.8 Å². The maximum absolute atomic E-state index is 12.5. The molecule has 0 saturated heterocycles. The number of furan rings is 1. The quantitative estimate of drug-likeness (QED) is 0.626. The molecule has 21 heavy (non-hydrogen) atoms. The van der Waals surface area contributed by atoms with Crippen LogP contribution in [-0.2, 0) is 11.2 Å². The largest absolute Gasteiger partial charge is 0.465 e. The molecule has 106 valence electrons. The third-order valence-electron chi connectivity index (χ3n) is 3.59. The van der Waals surface area contributed by atoms with E-state index in [1.165, 1.54) is 7.11 Å². The van der Waals surface area contributed by atoms with Gasteiger partial charge in [-0.05, 0) is 54.8 Å². The van der Waals surface area contributed by atoms with Crippen LogP contribution in [0.15, 0.2) is 46.6 Å². The summed E-state index contributed by atoms with van der Waals surface area (Å²) in [6.07, 6.45) is 4.71. The van der Waals surface area contributed by atoms with Gasteiger partial charge in [-0.3, -0.25) is 4.79 Å². The predicted molar refractivity (Wildman–Crippen MR) is 77.1 cm³/mol. The predicted octanol–water partition coefficient (Wildman–Crippen LogP) is 3.28. The lowest BCUT2D eigenvalue weighted by molar-refractivity contribution is 0.0600. The Labute approximate surface area is 122 Å². The Balaban J connectivity index is 1.94. The third-order valence-corrected chi connectivity index (χ3v) is 3.59. The number of Topliss-reactive ketones (excluding diaryl/α,β-unsaturated/α-hetero) is 1. The van der Waals surface area contributed by atoms with E-state index in [1.54, 1.807) is 36.6 Å². The fourth-order valence-electron chi connectivity index (χ4n) is 2.51. The first kappa shape index (κ1) is 13.4. The number of hydrogen-bond donors (Lipinski definition) is 0. The van der Waals surface area contributed by atoms with E-state index < -0.39 is 0 Å². The number of benzene rings is 1. The molecule has 2 aromatic rings. The minimum absolute atomic E-state index is 0.0101. The second-order valence-electron chi connectivity index (χ2n) is 4.88. The highest BCUT2D eigenvalue weighted by molar-refractivity contribution is 6.13. The van der Waals surface area contributed by atoms with Crippen molar-refractivity contribution in [2.75, 3.05) is 7.11 Å². The number of fused-ring (bicyclic) bond motifs is 1. The van der Waals surface area contributed by atoms with Gasteiger partial charge in [-0.1, -0.05) is 0 Å². The number of allylic oxidation sites excluding steroid dienone is 1. The number of methoxy groups -OCH3 is 1. The minimum atomic E-state index is -0.387. The summed E-state index contributed by atoms with van der Waals surface area (Å²) in [5, 5.41) is 0. The molecule has 0 spiro atoms. The summed E-state index contributed by atoms with van der Waals surface area (Å²) in [6.45, 7) is 0. The summed E-state index contributed by atoms with van der Waals surface area (Å²) in [5.74, 6) is 0.277. The number of carbonyl (C=O) groups is 2. The molecule has 0 atom stereocenters. The maximum Gasteiger partial charge on any atom is 0.337 e. The van der Waals surface area contributed by atoms with Crippen molar-refractivity contribution in [2.45, 2.75) is 12.8 Å². The number of ketones is 1. The number of esters is 1. The molecule has 0 N–H and O–H groups in total. The van der Waals surface area contributed by atoms with Crippen LogP contribution in [0.4, 0.5) is 0 Å². The summed E-state index contributed by atoms with van der Waals surface area (Å²) >= 11 is 0. The number of ether oxygens (including phenoxy) is 1. The van der Waals surface area contributed by atoms with Crippen molar-refractivity contribution in [3.05, 3.63) is 64.6 Å². The molecule has 0 amide bonds. The Morgan fingerprint density at radius 2 is 2.14 bits per heavy atom. The van der Waals surface area contributed by atoms with Gasteiger partial charge in [0.15, 0.2) is 5.78 Å². The molecule has 0 aliphatic heterocycles. The zero-order valence-electron chi connectivity index (χ0n) is 11.6. The first-order valence-electron chi connectivity index (χ1n) is 6.69. The standard InChI is InChI=1S/C17H14O4/c1-20-17(19)13-6-7-15-11(9-13)4-5-12(16(15)18)10-14-3-2-8-21-14/h2-3,6-10H,4-5H2,1H3.